The van der Waals surface area contributed by atoms with E-state index in [1.54, 1.807) is 11.3 Å². The quantitative estimate of drug-likeness (QED) is 0.792. The van der Waals surface area contributed by atoms with Crippen LogP contribution in [0.4, 0.5) is 6.01 Å². The molecular formula is C17H15N3O2S. The minimum Gasteiger partial charge on any atom is -0.403 e. The van der Waals surface area contributed by atoms with Crippen LogP contribution in [-0.2, 0) is 12.8 Å². The average molecular weight is 325 g/mol. The summed E-state index contributed by atoms with van der Waals surface area (Å²) in [4.78, 5) is 14.4. The van der Waals surface area contributed by atoms with Crippen molar-refractivity contribution >= 4 is 23.3 Å². The number of benzene rings is 1. The number of fused-ring (bicyclic) bond motifs is 1. The molecule has 0 unspecified atom stereocenters. The summed E-state index contributed by atoms with van der Waals surface area (Å²) in [5.74, 6) is 0.207. The fraction of sp³-hybridized carbons (Fsp3) is 0.235. The summed E-state index contributed by atoms with van der Waals surface area (Å²) in [6.07, 6.45) is 4.55. The molecule has 0 saturated carbocycles. The lowest BCUT2D eigenvalue weighted by atomic mass is 9.99. The van der Waals surface area contributed by atoms with Gasteiger partial charge < -0.3 is 4.42 Å². The Kier molecular flexibility index (Phi) is 3.67. The van der Waals surface area contributed by atoms with Gasteiger partial charge in [-0.2, -0.15) is 0 Å². The maximum Gasteiger partial charge on any atom is 0.322 e. The third-order valence-corrected chi connectivity index (χ3v) is 5.12. The number of hydrogen-bond acceptors (Lipinski definition) is 5. The summed E-state index contributed by atoms with van der Waals surface area (Å²) >= 11 is 1.56. The van der Waals surface area contributed by atoms with Gasteiger partial charge in [-0.1, -0.05) is 23.3 Å². The van der Waals surface area contributed by atoms with E-state index in [-0.39, 0.29) is 11.9 Å². The van der Waals surface area contributed by atoms with Crippen molar-refractivity contribution in [1.82, 2.24) is 10.2 Å². The number of hydrogen-bond donors (Lipinski definition) is 1. The number of amides is 1. The summed E-state index contributed by atoms with van der Waals surface area (Å²) in [5.41, 5.74) is 2.13. The van der Waals surface area contributed by atoms with E-state index in [1.807, 2.05) is 36.4 Å². The number of rotatable bonds is 3. The van der Waals surface area contributed by atoms with E-state index in [9.17, 15) is 4.79 Å². The number of aryl methyl sites for hydroxylation is 2. The Labute approximate surface area is 137 Å². The first-order valence-corrected chi connectivity index (χ1v) is 8.43. The van der Waals surface area contributed by atoms with Crippen molar-refractivity contribution in [2.45, 2.75) is 25.7 Å². The van der Waals surface area contributed by atoms with Gasteiger partial charge >= 0.3 is 6.01 Å². The van der Waals surface area contributed by atoms with Crippen LogP contribution in [0.5, 0.6) is 0 Å². The standard InChI is InChI=1S/C17H15N3O2S/c21-15(14-10-12-8-4-5-9-13(12)23-14)18-17-20-19-16(22-17)11-6-2-1-3-7-11/h1-3,6-7,10H,4-5,8-9H2,(H,18,20,21). The number of aromatic nitrogens is 2. The van der Waals surface area contributed by atoms with Gasteiger partial charge in [-0.05, 0) is 49.4 Å². The molecule has 2 aromatic heterocycles. The van der Waals surface area contributed by atoms with E-state index in [2.05, 4.69) is 15.5 Å². The molecule has 1 aliphatic carbocycles. The number of thiophene rings is 1. The van der Waals surface area contributed by atoms with Crippen molar-refractivity contribution in [3.05, 3.63) is 51.7 Å². The fourth-order valence-corrected chi connectivity index (χ4v) is 3.88. The molecule has 2 heterocycles. The van der Waals surface area contributed by atoms with Gasteiger partial charge in [0.25, 0.3) is 5.91 Å². The van der Waals surface area contributed by atoms with Gasteiger partial charge in [-0.15, -0.1) is 16.4 Å². The molecule has 0 spiro atoms. The average Bonchev–Trinajstić information content (AvgIpc) is 3.22. The van der Waals surface area contributed by atoms with Crippen molar-refractivity contribution in [3.63, 3.8) is 0 Å². The van der Waals surface area contributed by atoms with E-state index >= 15 is 0 Å². The predicted molar refractivity (Wildman–Crippen MR) is 88.6 cm³/mol. The molecule has 1 aliphatic rings. The van der Waals surface area contributed by atoms with E-state index in [0.717, 1.165) is 18.4 Å². The molecule has 1 amide bonds. The van der Waals surface area contributed by atoms with Gasteiger partial charge in [-0.3, -0.25) is 10.1 Å². The number of carbonyl (C=O) groups is 1. The molecule has 0 saturated heterocycles. The van der Waals surface area contributed by atoms with Gasteiger partial charge in [0, 0.05) is 10.4 Å². The first kappa shape index (κ1) is 14.1. The SMILES string of the molecule is O=C(Nc1nnc(-c2ccccc2)o1)c1cc2c(s1)CCCC2. The Morgan fingerprint density at radius 1 is 1.13 bits per heavy atom. The first-order valence-electron chi connectivity index (χ1n) is 7.61. The Balaban J connectivity index is 1.51. The van der Waals surface area contributed by atoms with Crippen LogP contribution in [0, 0.1) is 0 Å². The molecule has 0 bridgehead atoms. The van der Waals surface area contributed by atoms with Crippen molar-refractivity contribution < 1.29 is 9.21 Å². The van der Waals surface area contributed by atoms with Crippen LogP contribution in [0.2, 0.25) is 0 Å². The van der Waals surface area contributed by atoms with Gasteiger partial charge in [0.2, 0.25) is 5.89 Å². The highest BCUT2D eigenvalue weighted by atomic mass is 32.1. The summed E-state index contributed by atoms with van der Waals surface area (Å²) in [7, 11) is 0. The van der Waals surface area contributed by atoms with E-state index in [0.29, 0.717) is 10.8 Å². The molecule has 0 fully saturated rings. The third-order valence-electron chi connectivity index (χ3n) is 3.89. The van der Waals surface area contributed by atoms with Crippen LogP contribution in [0.25, 0.3) is 11.5 Å². The zero-order valence-corrected chi connectivity index (χ0v) is 13.2. The summed E-state index contributed by atoms with van der Waals surface area (Å²) in [6, 6.07) is 11.6. The molecule has 0 radical (unpaired) electrons. The molecule has 4 rings (SSSR count). The second kappa shape index (κ2) is 5.96. The summed E-state index contributed by atoms with van der Waals surface area (Å²) in [5, 5.41) is 10.6. The number of anilines is 1. The summed E-state index contributed by atoms with van der Waals surface area (Å²) in [6.45, 7) is 0. The highest BCUT2D eigenvalue weighted by Gasteiger charge is 2.19. The van der Waals surface area contributed by atoms with Gasteiger partial charge in [-0.25, -0.2) is 0 Å². The van der Waals surface area contributed by atoms with Gasteiger partial charge in [0.15, 0.2) is 0 Å². The minimum absolute atomic E-state index is 0.125. The van der Waals surface area contributed by atoms with E-state index in [1.165, 1.54) is 23.3 Å². The Morgan fingerprint density at radius 2 is 1.96 bits per heavy atom. The molecule has 116 valence electrons. The Hall–Kier alpha value is -2.47. The monoisotopic (exact) mass is 325 g/mol. The number of carbonyl (C=O) groups excluding carboxylic acids is 1. The molecule has 0 aliphatic heterocycles. The molecule has 23 heavy (non-hydrogen) atoms. The van der Waals surface area contributed by atoms with Crippen molar-refractivity contribution in [2.75, 3.05) is 5.32 Å². The number of nitrogens with one attached hydrogen (secondary N) is 1. The van der Waals surface area contributed by atoms with Crippen LogP contribution < -0.4 is 5.32 Å². The third kappa shape index (κ3) is 2.90. The number of nitrogens with zero attached hydrogens (tertiary/aromatic N) is 2. The molecule has 1 aromatic carbocycles. The van der Waals surface area contributed by atoms with Gasteiger partial charge in [0.05, 0.1) is 4.88 Å². The van der Waals surface area contributed by atoms with Crippen LogP contribution in [0.3, 0.4) is 0 Å². The second-order valence-electron chi connectivity index (χ2n) is 5.50. The van der Waals surface area contributed by atoms with Gasteiger partial charge in [0.1, 0.15) is 0 Å². The largest absolute Gasteiger partial charge is 0.403 e. The van der Waals surface area contributed by atoms with Crippen LogP contribution in [0.15, 0.2) is 40.8 Å². The minimum atomic E-state index is -0.187. The lowest BCUT2D eigenvalue weighted by Crippen LogP contribution is -2.10. The Bertz CT molecular complexity index is 815. The second-order valence-corrected chi connectivity index (χ2v) is 6.64. The van der Waals surface area contributed by atoms with Crippen LogP contribution >= 0.6 is 11.3 Å². The molecule has 6 heteroatoms. The highest BCUT2D eigenvalue weighted by molar-refractivity contribution is 7.14. The van der Waals surface area contributed by atoms with E-state index in [4.69, 9.17) is 4.42 Å². The lowest BCUT2D eigenvalue weighted by Gasteiger charge is -2.08. The molecule has 3 aromatic rings. The summed E-state index contributed by atoms with van der Waals surface area (Å²) < 4.78 is 5.51. The maximum atomic E-state index is 12.3. The highest BCUT2D eigenvalue weighted by Crippen LogP contribution is 2.30. The first-order chi connectivity index (χ1) is 11.3. The molecule has 5 nitrogen and oxygen atoms in total. The lowest BCUT2D eigenvalue weighted by molar-refractivity contribution is 0.102. The fourth-order valence-electron chi connectivity index (χ4n) is 2.73. The molecular weight excluding hydrogens is 310 g/mol. The van der Waals surface area contributed by atoms with E-state index < -0.39 is 0 Å². The maximum absolute atomic E-state index is 12.3. The van der Waals surface area contributed by atoms with Crippen molar-refractivity contribution in [2.24, 2.45) is 0 Å². The topological polar surface area (TPSA) is 68.0 Å². The Morgan fingerprint density at radius 3 is 2.78 bits per heavy atom. The molecule has 1 N–H and O–H groups in total. The van der Waals surface area contributed by atoms with Crippen LogP contribution in [0.1, 0.15) is 33.0 Å². The zero-order valence-electron chi connectivity index (χ0n) is 12.4. The smallest absolute Gasteiger partial charge is 0.322 e. The predicted octanol–water partition coefficient (Wildman–Crippen LogP) is 3.93. The van der Waals surface area contributed by atoms with Crippen molar-refractivity contribution in [1.29, 1.82) is 0 Å². The normalized spacial score (nSPS) is 13.6. The molecule has 0 atom stereocenters. The van der Waals surface area contributed by atoms with Crippen LogP contribution in [-0.4, -0.2) is 16.1 Å². The van der Waals surface area contributed by atoms with Crippen molar-refractivity contribution in [3.8, 4) is 11.5 Å². The zero-order chi connectivity index (χ0) is 15.6.